The van der Waals surface area contributed by atoms with Crippen LogP contribution < -0.4 is 10.2 Å². The first-order chi connectivity index (χ1) is 10.1. The van der Waals surface area contributed by atoms with Gasteiger partial charge in [-0.1, -0.05) is 13.8 Å². The monoisotopic (exact) mass is 290 g/mol. The summed E-state index contributed by atoms with van der Waals surface area (Å²) in [5, 5.41) is 10.9. The fraction of sp³-hybridized carbons (Fsp3) is 0.688. The highest BCUT2D eigenvalue weighted by atomic mass is 16.1. The Morgan fingerprint density at radius 1 is 1.38 bits per heavy atom. The van der Waals surface area contributed by atoms with E-state index < -0.39 is 0 Å². The fourth-order valence-electron chi connectivity index (χ4n) is 2.86. The van der Waals surface area contributed by atoms with Crippen LogP contribution in [0.3, 0.4) is 0 Å². The number of hydrogen-bond donors (Lipinski definition) is 1. The maximum atomic E-state index is 11.5. The lowest BCUT2D eigenvalue weighted by molar-refractivity contribution is 0.0957. The van der Waals surface area contributed by atoms with E-state index in [0.717, 1.165) is 18.3 Å². The summed E-state index contributed by atoms with van der Waals surface area (Å²) in [7, 11) is 1.60. The lowest BCUT2D eigenvalue weighted by atomic mass is 9.95. The minimum Gasteiger partial charge on any atom is -0.354 e. The lowest BCUT2D eigenvalue weighted by Crippen LogP contribution is -2.40. The highest BCUT2D eigenvalue weighted by Crippen LogP contribution is 2.26. The number of hydrogen-bond acceptors (Lipinski definition) is 4. The third-order valence-corrected chi connectivity index (χ3v) is 4.11. The van der Waals surface area contributed by atoms with Crippen molar-refractivity contribution in [2.75, 3.05) is 18.5 Å². The van der Waals surface area contributed by atoms with Crippen LogP contribution in [0, 0.1) is 5.92 Å². The van der Waals surface area contributed by atoms with Crippen molar-refractivity contribution in [1.29, 1.82) is 0 Å². The zero-order chi connectivity index (χ0) is 15.2. The SMILES string of the molecule is CNC(=O)c1ccc(N2CCCCC2CCC(C)C)nn1. The van der Waals surface area contributed by atoms with Gasteiger partial charge in [-0.2, -0.15) is 0 Å². The Balaban J connectivity index is 2.07. The topological polar surface area (TPSA) is 58.1 Å². The molecule has 1 saturated heterocycles. The highest BCUT2D eigenvalue weighted by Gasteiger charge is 2.24. The van der Waals surface area contributed by atoms with Crippen LogP contribution >= 0.6 is 0 Å². The molecule has 1 atom stereocenters. The van der Waals surface area contributed by atoms with Gasteiger partial charge in [0.2, 0.25) is 0 Å². The average Bonchev–Trinajstić information content (AvgIpc) is 2.52. The van der Waals surface area contributed by atoms with E-state index in [-0.39, 0.29) is 5.91 Å². The first-order valence-electron chi connectivity index (χ1n) is 7.94. The predicted octanol–water partition coefficient (Wildman–Crippen LogP) is 2.63. The largest absolute Gasteiger partial charge is 0.354 e. The highest BCUT2D eigenvalue weighted by molar-refractivity contribution is 5.91. The molecule has 1 aliphatic rings. The van der Waals surface area contributed by atoms with E-state index in [1.54, 1.807) is 13.1 Å². The molecule has 1 unspecified atom stereocenters. The maximum Gasteiger partial charge on any atom is 0.271 e. The van der Waals surface area contributed by atoms with E-state index in [1.807, 2.05) is 6.07 Å². The van der Waals surface area contributed by atoms with E-state index in [9.17, 15) is 4.79 Å². The van der Waals surface area contributed by atoms with E-state index >= 15 is 0 Å². The van der Waals surface area contributed by atoms with Crippen LogP contribution in [0.1, 0.15) is 56.4 Å². The van der Waals surface area contributed by atoms with Crippen LogP contribution in [0.15, 0.2) is 12.1 Å². The van der Waals surface area contributed by atoms with E-state index in [0.29, 0.717) is 11.7 Å². The molecule has 0 aromatic carbocycles. The van der Waals surface area contributed by atoms with Gasteiger partial charge in [-0.25, -0.2) is 0 Å². The molecule has 116 valence electrons. The molecule has 0 bridgehead atoms. The summed E-state index contributed by atoms with van der Waals surface area (Å²) in [5.41, 5.74) is 0.372. The van der Waals surface area contributed by atoms with Crippen LogP contribution in [0.2, 0.25) is 0 Å². The molecule has 2 heterocycles. The summed E-state index contributed by atoms with van der Waals surface area (Å²) in [4.78, 5) is 13.9. The minimum absolute atomic E-state index is 0.191. The van der Waals surface area contributed by atoms with E-state index in [1.165, 1.54) is 32.1 Å². The summed E-state index contributed by atoms with van der Waals surface area (Å²) in [6.07, 6.45) is 6.17. The van der Waals surface area contributed by atoms with E-state index in [2.05, 4.69) is 34.3 Å². The number of rotatable bonds is 5. The Bertz CT molecular complexity index is 458. The summed E-state index contributed by atoms with van der Waals surface area (Å²) in [6.45, 7) is 5.58. The lowest BCUT2D eigenvalue weighted by Gasteiger charge is -2.36. The smallest absolute Gasteiger partial charge is 0.271 e. The summed E-state index contributed by atoms with van der Waals surface area (Å²) in [5.74, 6) is 1.44. The van der Waals surface area contributed by atoms with Crippen molar-refractivity contribution in [1.82, 2.24) is 15.5 Å². The molecule has 5 nitrogen and oxygen atoms in total. The Hall–Kier alpha value is -1.65. The standard InChI is InChI=1S/C16H26N4O/c1-12(2)7-8-13-6-4-5-11-20(13)15-10-9-14(18-19-15)16(21)17-3/h9-10,12-13H,4-8,11H2,1-3H3,(H,17,21). The fourth-order valence-corrected chi connectivity index (χ4v) is 2.86. The maximum absolute atomic E-state index is 11.5. The molecule has 1 amide bonds. The average molecular weight is 290 g/mol. The van der Waals surface area contributed by atoms with Crippen molar-refractivity contribution < 1.29 is 4.79 Å². The van der Waals surface area contributed by atoms with Crippen molar-refractivity contribution in [3.8, 4) is 0 Å². The number of amides is 1. The van der Waals surface area contributed by atoms with Gasteiger partial charge in [0.1, 0.15) is 0 Å². The first kappa shape index (κ1) is 15.7. The van der Waals surface area contributed by atoms with Crippen molar-refractivity contribution in [2.45, 2.75) is 52.0 Å². The molecule has 1 aromatic heterocycles. The Morgan fingerprint density at radius 3 is 2.81 bits per heavy atom. The predicted molar refractivity (Wildman–Crippen MR) is 84.5 cm³/mol. The number of aromatic nitrogens is 2. The Kier molecular flexibility index (Phi) is 5.53. The molecule has 0 saturated carbocycles. The number of carbonyl (C=O) groups excluding carboxylic acids is 1. The van der Waals surface area contributed by atoms with Gasteiger partial charge in [0.25, 0.3) is 5.91 Å². The molecule has 0 spiro atoms. The van der Waals surface area contributed by atoms with E-state index in [4.69, 9.17) is 0 Å². The molecule has 1 N–H and O–H groups in total. The van der Waals surface area contributed by atoms with Gasteiger partial charge in [0.15, 0.2) is 11.5 Å². The minimum atomic E-state index is -0.191. The quantitative estimate of drug-likeness (QED) is 0.905. The summed E-state index contributed by atoms with van der Waals surface area (Å²) >= 11 is 0. The Morgan fingerprint density at radius 2 is 2.19 bits per heavy atom. The number of nitrogens with one attached hydrogen (secondary N) is 1. The molecule has 1 aliphatic heterocycles. The third-order valence-electron chi connectivity index (χ3n) is 4.11. The molecule has 5 heteroatoms. The first-order valence-corrected chi connectivity index (χ1v) is 7.94. The summed E-state index contributed by atoms with van der Waals surface area (Å²) in [6, 6.07) is 4.24. The molecule has 1 aromatic rings. The second-order valence-corrected chi connectivity index (χ2v) is 6.17. The number of nitrogens with zero attached hydrogens (tertiary/aromatic N) is 3. The van der Waals surface area contributed by atoms with Crippen molar-refractivity contribution >= 4 is 11.7 Å². The van der Waals surface area contributed by atoms with Crippen LogP contribution in [-0.2, 0) is 0 Å². The van der Waals surface area contributed by atoms with Gasteiger partial charge in [-0.15, -0.1) is 10.2 Å². The zero-order valence-corrected chi connectivity index (χ0v) is 13.3. The molecule has 0 aliphatic carbocycles. The normalized spacial score (nSPS) is 18.9. The molecule has 1 fully saturated rings. The van der Waals surface area contributed by atoms with Gasteiger partial charge in [-0.05, 0) is 50.2 Å². The molecule has 2 rings (SSSR count). The van der Waals surface area contributed by atoms with Crippen LogP contribution in [0.4, 0.5) is 5.82 Å². The number of anilines is 1. The molecule has 21 heavy (non-hydrogen) atoms. The van der Waals surface area contributed by atoms with Crippen LogP contribution in [0.5, 0.6) is 0 Å². The van der Waals surface area contributed by atoms with Crippen LogP contribution in [-0.4, -0.2) is 35.7 Å². The van der Waals surface area contributed by atoms with Crippen molar-refractivity contribution in [2.24, 2.45) is 5.92 Å². The third kappa shape index (κ3) is 4.16. The van der Waals surface area contributed by atoms with Gasteiger partial charge >= 0.3 is 0 Å². The Labute approximate surface area is 127 Å². The van der Waals surface area contributed by atoms with Gasteiger partial charge in [0.05, 0.1) is 0 Å². The van der Waals surface area contributed by atoms with Gasteiger partial charge in [-0.3, -0.25) is 4.79 Å². The molecule has 0 radical (unpaired) electrons. The van der Waals surface area contributed by atoms with Gasteiger partial charge < -0.3 is 10.2 Å². The van der Waals surface area contributed by atoms with Crippen molar-refractivity contribution in [3.63, 3.8) is 0 Å². The molecular weight excluding hydrogens is 264 g/mol. The zero-order valence-electron chi connectivity index (χ0n) is 13.3. The van der Waals surface area contributed by atoms with Crippen molar-refractivity contribution in [3.05, 3.63) is 17.8 Å². The van der Waals surface area contributed by atoms with Gasteiger partial charge in [0, 0.05) is 19.6 Å². The second kappa shape index (κ2) is 7.38. The molecular formula is C16H26N4O. The number of piperidine rings is 1. The summed E-state index contributed by atoms with van der Waals surface area (Å²) < 4.78 is 0. The van der Waals surface area contributed by atoms with Crippen LogP contribution in [0.25, 0.3) is 0 Å². The second-order valence-electron chi connectivity index (χ2n) is 6.17. The number of carbonyl (C=O) groups is 1.